The number of aromatic nitrogens is 1. The van der Waals surface area contributed by atoms with Crippen molar-refractivity contribution in [3.8, 4) is 6.07 Å². The van der Waals surface area contributed by atoms with Crippen LogP contribution in [-0.4, -0.2) is 4.98 Å². The van der Waals surface area contributed by atoms with Crippen LogP contribution in [0.2, 0.25) is 0 Å². The number of furan rings is 1. The van der Waals surface area contributed by atoms with Crippen molar-refractivity contribution in [2.75, 3.05) is 5.32 Å². The molecule has 108 valence electrons. The van der Waals surface area contributed by atoms with Crippen LogP contribution in [-0.2, 0) is 6.54 Å². The second kappa shape index (κ2) is 6.46. The van der Waals surface area contributed by atoms with Crippen LogP contribution in [0.3, 0.4) is 0 Å². The van der Waals surface area contributed by atoms with Gasteiger partial charge < -0.3 is 14.2 Å². The molecule has 0 aliphatic rings. The summed E-state index contributed by atoms with van der Waals surface area (Å²) in [6.45, 7) is 0.429. The van der Waals surface area contributed by atoms with Gasteiger partial charge in [-0.15, -0.1) is 0 Å². The van der Waals surface area contributed by atoms with Gasteiger partial charge in [0.05, 0.1) is 12.8 Å². The van der Waals surface area contributed by atoms with Crippen molar-refractivity contribution in [3.63, 3.8) is 0 Å². The lowest BCUT2D eigenvalue weighted by Crippen LogP contribution is -1.98. The Morgan fingerprint density at radius 2 is 2.00 bits per heavy atom. The quantitative estimate of drug-likeness (QED) is 0.771. The summed E-state index contributed by atoms with van der Waals surface area (Å²) in [4.78, 5) is 4.14. The molecule has 0 saturated heterocycles. The van der Waals surface area contributed by atoms with E-state index in [-0.39, 0.29) is 5.69 Å². The van der Waals surface area contributed by atoms with Crippen molar-refractivity contribution >= 4 is 18.0 Å². The highest BCUT2D eigenvalue weighted by molar-refractivity contribution is 5.67. The smallest absolute Gasteiger partial charge is 0.232 e. The van der Waals surface area contributed by atoms with Gasteiger partial charge in [-0.1, -0.05) is 30.3 Å². The van der Waals surface area contributed by atoms with E-state index >= 15 is 0 Å². The third-order valence-corrected chi connectivity index (χ3v) is 2.97. The summed E-state index contributed by atoms with van der Waals surface area (Å²) in [7, 11) is 0. The number of nitriles is 1. The second-order valence-electron chi connectivity index (χ2n) is 4.52. The highest BCUT2D eigenvalue weighted by Crippen LogP contribution is 2.19. The first-order valence-corrected chi connectivity index (χ1v) is 6.75. The minimum Gasteiger partial charge on any atom is -0.467 e. The normalized spacial score (nSPS) is 10.7. The van der Waals surface area contributed by atoms with E-state index in [4.69, 9.17) is 14.1 Å². The minimum absolute atomic E-state index is 0.222. The van der Waals surface area contributed by atoms with E-state index in [0.29, 0.717) is 18.3 Å². The van der Waals surface area contributed by atoms with E-state index in [9.17, 15) is 0 Å². The van der Waals surface area contributed by atoms with E-state index in [2.05, 4.69) is 10.3 Å². The third kappa shape index (κ3) is 3.25. The third-order valence-electron chi connectivity index (χ3n) is 2.97. The number of nitrogens with zero attached hydrogens (tertiary/aromatic N) is 2. The van der Waals surface area contributed by atoms with E-state index in [1.807, 2.05) is 48.5 Å². The lowest BCUT2D eigenvalue weighted by molar-refractivity contribution is 0.509. The van der Waals surface area contributed by atoms with E-state index < -0.39 is 0 Å². The van der Waals surface area contributed by atoms with Crippen LogP contribution < -0.4 is 5.32 Å². The van der Waals surface area contributed by atoms with Gasteiger partial charge in [0.1, 0.15) is 11.8 Å². The molecular formula is C17H13N3O2. The van der Waals surface area contributed by atoms with E-state index in [0.717, 1.165) is 11.3 Å². The molecule has 0 unspecified atom stereocenters. The first-order valence-electron chi connectivity index (χ1n) is 6.75. The van der Waals surface area contributed by atoms with Gasteiger partial charge in [-0.25, -0.2) is 0 Å². The Hall–Kier alpha value is -3.26. The Labute approximate surface area is 127 Å². The summed E-state index contributed by atoms with van der Waals surface area (Å²) in [6, 6.07) is 15.5. The van der Waals surface area contributed by atoms with Gasteiger partial charge in [-0.05, 0) is 23.8 Å². The Kier molecular flexibility index (Phi) is 4.03. The number of hydrogen-bond donors (Lipinski definition) is 1. The fraction of sp³-hybridized carbons (Fsp3) is 0.0588. The molecule has 0 amide bonds. The fourth-order valence-electron chi connectivity index (χ4n) is 1.92. The maximum absolute atomic E-state index is 9.11. The topological polar surface area (TPSA) is 75.0 Å². The Bertz CT molecular complexity index is 796. The largest absolute Gasteiger partial charge is 0.467 e. The maximum Gasteiger partial charge on any atom is 0.232 e. The molecule has 2 aromatic heterocycles. The van der Waals surface area contributed by atoms with Crippen molar-refractivity contribution in [3.05, 3.63) is 71.6 Å². The molecule has 5 heteroatoms. The molecule has 0 spiro atoms. The summed E-state index contributed by atoms with van der Waals surface area (Å²) >= 11 is 0. The molecule has 0 fully saturated rings. The highest BCUT2D eigenvalue weighted by atomic mass is 16.4. The van der Waals surface area contributed by atoms with Crippen molar-refractivity contribution in [2.24, 2.45) is 0 Å². The van der Waals surface area contributed by atoms with Crippen LogP contribution in [0.1, 0.15) is 22.9 Å². The Morgan fingerprint density at radius 3 is 2.73 bits per heavy atom. The number of benzene rings is 1. The molecule has 0 aliphatic heterocycles. The number of hydrogen-bond acceptors (Lipinski definition) is 5. The Balaban J connectivity index is 1.74. The van der Waals surface area contributed by atoms with E-state index in [1.165, 1.54) is 0 Å². The lowest BCUT2D eigenvalue weighted by Gasteiger charge is -1.98. The number of anilines is 1. The van der Waals surface area contributed by atoms with Gasteiger partial charge in [-0.2, -0.15) is 10.2 Å². The molecule has 1 N–H and O–H groups in total. The molecule has 0 saturated carbocycles. The monoisotopic (exact) mass is 291 g/mol. The van der Waals surface area contributed by atoms with Crippen LogP contribution in [0.4, 0.5) is 5.88 Å². The molecule has 5 nitrogen and oxygen atoms in total. The SMILES string of the molecule is N#Cc1nc(/C=C/c2ccccc2)oc1NCc1ccco1. The molecule has 0 radical (unpaired) electrons. The summed E-state index contributed by atoms with van der Waals surface area (Å²) in [5.74, 6) is 1.47. The molecule has 2 heterocycles. The van der Waals surface area contributed by atoms with Crippen molar-refractivity contribution < 1.29 is 8.83 Å². The summed E-state index contributed by atoms with van der Waals surface area (Å²) < 4.78 is 10.8. The summed E-state index contributed by atoms with van der Waals surface area (Å²) in [6.07, 6.45) is 5.20. The zero-order valence-electron chi connectivity index (χ0n) is 11.7. The first kappa shape index (κ1) is 13.7. The van der Waals surface area contributed by atoms with Crippen LogP contribution in [0.5, 0.6) is 0 Å². The van der Waals surface area contributed by atoms with Crippen molar-refractivity contribution in [1.29, 1.82) is 5.26 Å². The van der Waals surface area contributed by atoms with Crippen LogP contribution in [0, 0.1) is 11.3 Å². The molecule has 0 atom stereocenters. The standard InChI is InChI=1S/C17H13N3O2/c18-11-15-17(19-12-14-7-4-10-21-14)22-16(20-15)9-8-13-5-2-1-3-6-13/h1-10,19H,12H2/b9-8+. The minimum atomic E-state index is 0.222. The summed E-state index contributed by atoms with van der Waals surface area (Å²) in [5.41, 5.74) is 1.25. The summed E-state index contributed by atoms with van der Waals surface area (Å²) in [5, 5.41) is 12.1. The first-order chi connectivity index (χ1) is 10.8. The molecule has 0 aliphatic carbocycles. The van der Waals surface area contributed by atoms with Gasteiger partial charge in [0, 0.05) is 6.08 Å². The molecule has 22 heavy (non-hydrogen) atoms. The predicted octanol–water partition coefficient (Wildman–Crippen LogP) is 3.92. The molecule has 1 aromatic carbocycles. The molecule has 0 bridgehead atoms. The molecule has 3 aromatic rings. The zero-order chi connectivity index (χ0) is 15.2. The van der Waals surface area contributed by atoms with Gasteiger partial charge >= 0.3 is 0 Å². The molecule has 3 rings (SSSR count). The number of rotatable bonds is 5. The van der Waals surface area contributed by atoms with Crippen LogP contribution in [0.25, 0.3) is 12.2 Å². The average Bonchev–Trinajstić information content (AvgIpc) is 3.21. The highest BCUT2D eigenvalue weighted by Gasteiger charge is 2.11. The Morgan fingerprint density at radius 1 is 1.14 bits per heavy atom. The van der Waals surface area contributed by atoms with Crippen molar-refractivity contribution in [1.82, 2.24) is 4.98 Å². The van der Waals surface area contributed by atoms with Gasteiger partial charge in [-0.3, -0.25) is 0 Å². The average molecular weight is 291 g/mol. The van der Waals surface area contributed by atoms with Crippen molar-refractivity contribution in [2.45, 2.75) is 6.54 Å². The van der Waals surface area contributed by atoms with Gasteiger partial charge in [0.25, 0.3) is 0 Å². The predicted molar refractivity (Wildman–Crippen MR) is 82.6 cm³/mol. The molecular weight excluding hydrogens is 278 g/mol. The second-order valence-corrected chi connectivity index (χ2v) is 4.52. The number of nitrogens with one attached hydrogen (secondary N) is 1. The zero-order valence-corrected chi connectivity index (χ0v) is 11.7. The van der Waals surface area contributed by atoms with Crippen LogP contribution in [0.15, 0.2) is 57.6 Å². The number of oxazole rings is 1. The fourth-order valence-corrected chi connectivity index (χ4v) is 1.92. The van der Waals surface area contributed by atoms with Gasteiger partial charge in [0.15, 0.2) is 0 Å². The van der Waals surface area contributed by atoms with Gasteiger partial charge in [0.2, 0.25) is 17.5 Å². The maximum atomic E-state index is 9.11. The lowest BCUT2D eigenvalue weighted by atomic mass is 10.2. The van der Waals surface area contributed by atoms with E-state index in [1.54, 1.807) is 18.4 Å². The van der Waals surface area contributed by atoms with Crippen LogP contribution >= 0.6 is 0 Å².